The summed E-state index contributed by atoms with van der Waals surface area (Å²) in [5.41, 5.74) is 2.18. The van der Waals surface area contributed by atoms with Crippen LogP contribution in [0.5, 0.6) is 0 Å². The Labute approximate surface area is 659 Å². The van der Waals surface area contributed by atoms with Crippen LogP contribution in [0.4, 0.5) is 5.69 Å². The van der Waals surface area contributed by atoms with Crippen molar-refractivity contribution in [3.8, 4) is 0 Å². The minimum Gasteiger partial charge on any atom is -0.381 e. The van der Waals surface area contributed by atoms with Crippen LogP contribution in [0.3, 0.4) is 0 Å². The van der Waals surface area contributed by atoms with Gasteiger partial charge in [0.1, 0.15) is 28.9 Å². The van der Waals surface area contributed by atoms with Gasteiger partial charge in [0.15, 0.2) is 0 Å². The predicted molar refractivity (Wildman–Crippen MR) is 462 cm³/mol. The first-order valence-electron chi connectivity index (χ1n) is 38.3. The molecule has 0 saturated carbocycles. The fourth-order valence-corrected chi connectivity index (χ4v) is 11.3. The molecule has 0 aliphatic heterocycles. The number of hydrogen-bond donors (Lipinski definition) is 3. The second-order valence-corrected chi connectivity index (χ2v) is 34.7. The normalized spacial score (nSPS) is 12.7. The number of nitrogens with one attached hydrogen (secondary N) is 3. The van der Waals surface area contributed by atoms with Gasteiger partial charge >= 0.3 is 0 Å². The highest BCUT2D eigenvalue weighted by Crippen LogP contribution is 2.27. The Kier molecular flexibility index (Phi) is 76.4. The second-order valence-electron chi connectivity index (χ2n) is 34.7. The lowest BCUT2D eigenvalue weighted by Crippen LogP contribution is -2.32. The van der Waals surface area contributed by atoms with E-state index in [2.05, 4.69) is 161 Å². The van der Waals surface area contributed by atoms with E-state index in [9.17, 15) is 38.4 Å². The van der Waals surface area contributed by atoms with E-state index in [0.29, 0.717) is 122 Å². The van der Waals surface area contributed by atoms with E-state index in [1.807, 2.05) is 93.5 Å². The van der Waals surface area contributed by atoms with Crippen LogP contribution in [0, 0.1) is 118 Å². The highest BCUT2D eigenvalue weighted by atomic mass is 32.1. The molecule has 1 aromatic carbocycles. The van der Waals surface area contributed by atoms with Crippen LogP contribution < -0.4 is 16.0 Å². The molecule has 0 aromatic heterocycles. The Morgan fingerprint density at radius 3 is 1.01 bits per heavy atom. The number of hydrogen-bond acceptors (Lipinski definition) is 9. The molecule has 0 radical (unpaired) electrons. The van der Waals surface area contributed by atoms with Crippen LogP contribution in [0.25, 0.3) is 0 Å². The Hall–Kier alpha value is -2.31. The summed E-state index contributed by atoms with van der Waals surface area (Å²) in [5.74, 6) is 7.62. The molecule has 5 atom stereocenters. The Bertz CT molecular complexity index is 2260. The quantitative estimate of drug-likeness (QED) is 0.0536. The number of carbonyl (C=O) groups excluding carboxylic acids is 8. The van der Waals surface area contributed by atoms with Gasteiger partial charge in [0.05, 0.1) is 6.61 Å². The molecular formula is C84H167N3O9S5. The molecular weight excluding hydrogens is 1360 g/mol. The second kappa shape index (κ2) is 65.9. The largest absolute Gasteiger partial charge is 0.381 e. The molecule has 0 spiro atoms. The molecule has 0 aliphatic carbocycles. The zero-order valence-electron chi connectivity index (χ0n) is 70.9. The first-order chi connectivity index (χ1) is 44.1. The van der Waals surface area contributed by atoms with Crippen molar-refractivity contribution in [1.82, 2.24) is 10.6 Å². The molecule has 12 nitrogen and oxygen atoms in total. The summed E-state index contributed by atoms with van der Waals surface area (Å²) in [4.78, 5) is 96.3. The maximum Gasteiger partial charge on any atom is 0.224 e. The van der Waals surface area contributed by atoms with Crippen LogP contribution >= 0.6 is 67.5 Å². The Morgan fingerprint density at radius 2 is 0.663 bits per heavy atom. The van der Waals surface area contributed by atoms with Crippen molar-refractivity contribution >= 4 is 120 Å². The third kappa shape index (κ3) is 69.2. The van der Waals surface area contributed by atoms with Crippen LogP contribution in [0.2, 0.25) is 0 Å². The van der Waals surface area contributed by atoms with Crippen molar-refractivity contribution < 1.29 is 43.1 Å². The number of Topliss-reactive ketones (excluding diaryl/α,β-unsaturated/α-hetero) is 5. The SMILES string of the molecule is CC(C)CCC(=O)Nc1ccc(C[C@H](CC(C)C)C(=O)C(C)C)cc1.CC(C)CCC[C@H](CC(C)C)C(=O)C(C)C.CC(C)CNC(=O)CC[C@H](CC(C)C)C(=O)C(C)C.CC(C)CNC(=O)C[C@H](CC(C)C)C(=O)C(C)C.CC(C)C[C@@H](CCOCC(C)(C)C)C(=O)C(C)C.S.S.S.S.S. The smallest absolute Gasteiger partial charge is 0.224 e. The van der Waals surface area contributed by atoms with Crippen LogP contribution in [-0.2, 0) is 49.5 Å². The van der Waals surface area contributed by atoms with E-state index >= 15 is 0 Å². The molecule has 0 unspecified atom stereocenters. The topological polar surface area (TPSA) is 182 Å². The maximum atomic E-state index is 12.5. The van der Waals surface area contributed by atoms with Gasteiger partial charge < -0.3 is 20.7 Å². The number of ether oxygens (including phenoxy) is 1. The van der Waals surface area contributed by atoms with Gasteiger partial charge in [-0.15, -0.1) is 0 Å². The summed E-state index contributed by atoms with van der Waals surface area (Å²) in [7, 11) is 0. The molecule has 1 rings (SSSR count). The van der Waals surface area contributed by atoms with E-state index in [1.54, 1.807) is 0 Å². The number of anilines is 1. The van der Waals surface area contributed by atoms with Crippen molar-refractivity contribution in [3.63, 3.8) is 0 Å². The molecule has 3 amide bonds. The Balaban J connectivity index is -0.000000149. The molecule has 0 fully saturated rings. The molecule has 0 aliphatic rings. The van der Waals surface area contributed by atoms with Crippen molar-refractivity contribution in [3.05, 3.63) is 29.8 Å². The molecule has 3 N–H and O–H groups in total. The molecule has 17 heteroatoms. The lowest BCUT2D eigenvalue weighted by molar-refractivity contribution is -0.131. The van der Waals surface area contributed by atoms with Crippen LogP contribution in [0.1, 0.15) is 310 Å². The standard InChI is InChI=1S/C22H35NO2.C16H31NO2.C16H32O2.C15H29NO2.C15H30O.5H2S/c1-15(2)7-12-21(24)23-20-10-8-18(9-11-20)14-19(13-16(3)4)22(25)17(5)6;1-11(2)9-14(16(19)13(5)6)7-8-15(18)17-10-12(3)4;1-12(2)10-14(15(17)13(3)4)8-9-18-11-16(5,6)7;1-10(2)7-13(15(18)12(5)6)8-14(17)16-9-11(3)4;1-11(2)8-7-9-14(10-12(3)4)15(16)13(5)6;;;;;/h8-11,15-17,19H,7,12-14H2,1-6H3,(H,23,24);11-14H,7-10H2,1-6H3,(H,17,18);12-14H,8-11H2,1-7H3;10-13H,7-9H2,1-6H3,(H,16,17);11-14H,7-10H2,1-6H3;5*1H2/t19-;2*14-;13-;14-;;;;;/m01101...../s1. The molecule has 0 bridgehead atoms. The summed E-state index contributed by atoms with van der Waals surface area (Å²) in [6.07, 6.45) is 12.8. The van der Waals surface area contributed by atoms with E-state index in [1.165, 1.54) is 12.8 Å². The third-order valence-electron chi connectivity index (χ3n) is 16.4. The summed E-state index contributed by atoms with van der Waals surface area (Å²) in [6, 6.07) is 7.93. The molecule has 101 heavy (non-hydrogen) atoms. The number of carbonyl (C=O) groups is 8. The van der Waals surface area contributed by atoms with Gasteiger partial charge in [0.2, 0.25) is 17.7 Å². The minimum atomic E-state index is -0.128. The fourth-order valence-electron chi connectivity index (χ4n) is 11.3. The van der Waals surface area contributed by atoms with Gasteiger partial charge in [-0.2, -0.15) is 67.5 Å². The van der Waals surface area contributed by atoms with E-state index in [0.717, 1.165) is 81.6 Å². The van der Waals surface area contributed by atoms with Crippen molar-refractivity contribution in [2.45, 2.75) is 311 Å². The van der Waals surface area contributed by atoms with Crippen LogP contribution in [-0.4, -0.2) is 72.9 Å². The van der Waals surface area contributed by atoms with Gasteiger partial charge in [0.25, 0.3) is 0 Å². The zero-order valence-corrected chi connectivity index (χ0v) is 75.9. The average Bonchev–Trinajstić information content (AvgIpc) is 0.890. The summed E-state index contributed by atoms with van der Waals surface area (Å²) >= 11 is 0. The van der Waals surface area contributed by atoms with Gasteiger partial charge in [-0.05, 0) is 141 Å². The first kappa shape index (κ1) is 117. The zero-order chi connectivity index (χ0) is 75.3. The van der Waals surface area contributed by atoms with Gasteiger partial charge in [-0.25, -0.2) is 0 Å². The average molecular weight is 1520 g/mol. The van der Waals surface area contributed by atoms with E-state index in [-0.39, 0.29) is 150 Å². The van der Waals surface area contributed by atoms with Gasteiger partial charge in [-0.3, -0.25) is 38.4 Å². The van der Waals surface area contributed by atoms with Gasteiger partial charge in [0, 0.05) is 104 Å². The number of ketones is 5. The third-order valence-corrected chi connectivity index (χ3v) is 16.4. The number of benzene rings is 1. The molecule has 602 valence electrons. The van der Waals surface area contributed by atoms with Crippen molar-refractivity contribution in [2.24, 2.45) is 118 Å². The monoisotopic (exact) mass is 1520 g/mol. The minimum absolute atomic E-state index is 0. The highest BCUT2D eigenvalue weighted by molar-refractivity contribution is 7.60. The fraction of sp³-hybridized carbons (Fsp3) is 0.833. The molecule has 0 saturated heterocycles. The number of amides is 3. The summed E-state index contributed by atoms with van der Waals surface area (Å²) < 4.78 is 5.69. The van der Waals surface area contributed by atoms with Crippen molar-refractivity contribution in [2.75, 3.05) is 31.6 Å². The molecule has 1 aromatic rings. The first-order valence-corrected chi connectivity index (χ1v) is 38.3. The highest BCUT2D eigenvalue weighted by Gasteiger charge is 2.28. The van der Waals surface area contributed by atoms with Gasteiger partial charge in [-0.1, -0.05) is 240 Å². The summed E-state index contributed by atoms with van der Waals surface area (Å²) in [6.45, 7) is 67.6. The maximum absolute atomic E-state index is 12.5. The lowest BCUT2D eigenvalue weighted by atomic mass is 9.84. The van der Waals surface area contributed by atoms with E-state index in [4.69, 9.17) is 4.74 Å². The van der Waals surface area contributed by atoms with E-state index < -0.39 is 0 Å². The number of rotatable bonds is 43. The van der Waals surface area contributed by atoms with Crippen LogP contribution in [0.15, 0.2) is 24.3 Å². The predicted octanol–water partition coefficient (Wildman–Crippen LogP) is 21.5. The summed E-state index contributed by atoms with van der Waals surface area (Å²) in [5, 5.41) is 8.74. The van der Waals surface area contributed by atoms with Crippen molar-refractivity contribution in [1.29, 1.82) is 0 Å². The lowest BCUT2D eigenvalue weighted by Gasteiger charge is -2.22. The Morgan fingerprint density at radius 1 is 0.347 bits per heavy atom. The molecule has 0 heterocycles.